The first kappa shape index (κ1) is 26.4. The lowest BCUT2D eigenvalue weighted by Crippen LogP contribution is -2.51. The fourth-order valence-electron chi connectivity index (χ4n) is 5.10. The van der Waals surface area contributed by atoms with E-state index < -0.39 is 6.04 Å². The second-order valence-electron chi connectivity index (χ2n) is 10.1. The fraction of sp³-hybridized carbons (Fsp3) is 0.593. The molecule has 4 rings (SSSR count). The molecule has 1 aliphatic heterocycles. The fourth-order valence-corrected chi connectivity index (χ4v) is 5.72. The number of carbonyl (C=O) groups excluding carboxylic acids is 3. The quantitative estimate of drug-likeness (QED) is 0.309. The Bertz CT molecular complexity index is 1030. The molecule has 194 valence electrons. The third-order valence-corrected chi connectivity index (χ3v) is 7.92. The van der Waals surface area contributed by atoms with Gasteiger partial charge in [-0.25, -0.2) is 0 Å². The summed E-state index contributed by atoms with van der Waals surface area (Å²) in [6.07, 6.45) is 7.31. The highest BCUT2D eigenvalue weighted by Crippen LogP contribution is 2.28. The van der Waals surface area contributed by atoms with E-state index in [0.717, 1.165) is 38.5 Å². The Kier molecular flexibility index (Phi) is 9.18. The Morgan fingerprint density at radius 2 is 1.64 bits per heavy atom. The molecule has 8 nitrogen and oxygen atoms in total. The topological polar surface area (TPSA) is 105 Å². The van der Waals surface area contributed by atoms with Gasteiger partial charge in [0.25, 0.3) is 17.0 Å². The molecule has 0 radical (unpaired) electrons. The Labute approximate surface area is 217 Å². The van der Waals surface area contributed by atoms with Gasteiger partial charge in [-0.2, -0.15) is 0 Å². The van der Waals surface area contributed by atoms with Gasteiger partial charge in [0.05, 0.1) is 0 Å². The van der Waals surface area contributed by atoms with Crippen LogP contribution in [0.25, 0.3) is 0 Å². The Hall–Kier alpha value is -2.68. The third kappa shape index (κ3) is 6.75. The molecule has 0 spiro atoms. The number of nitrogens with zero attached hydrogens (tertiary/aromatic N) is 3. The minimum absolute atomic E-state index is 0.00771. The van der Waals surface area contributed by atoms with Gasteiger partial charge in [-0.1, -0.05) is 69.5 Å². The maximum Gasteiger partial charge on any atom is 0.286 e. The van der Waals surface area contributed by atoms with Crippen LogP contribution in [0, 0.1) is 11.8 Å². The number of carbonyl (C=O) groups is 3. The van der Waals surface area contributed by atoms with Crippen LogP contribution in [0.2, 0.25) is 0 Å². The Balaban J connectivity index is 1.47. The molecule has 1 aliphatic carbocycles. The highest BCUT2D eigenvalue weighted by atomic mass is 32.2. The van der Waals surface area contributed by atoms with E-state index in [1.165, 1.54) is 11.8 Å². The predicted octanol–water partition coefficient (Wildman–Crippen LogP) is 4.76. The zero-order valence-corrected chi connectivity index (χ0v) is 22.0. The van der Waals surface area contributed by atoms with E-state index in [1.54, 1.807) is 0 Å². The molecule has 2 amide bonds. The predicted molar refractivity (Wildman–Crippen MR) is 138 cm³/mol. The summed E-state index contributed by atoms with van der Waals surface area (Å²) in [7, 11) is 0. The van der Waals surface area contributed by atoms with E-state index in [0.29, 0.717) is 36.7 Å². The third-order valence-electron chi connectivity index (χ3n) is 7.08. The monoisotopic (exact) mass is 512 g/mol. The Morgan fingerprint density at radius 1 is 0.972 bits per heavy atom. The van der Waals surface area contributed by atoms with E-state index >= 15 is 0 Å². The van der Waals surface area contributed by atoms with Gasteiger partial charge in [-0.05, 0) is 43.7 Å². The minimum Gasteiger partial charge on any atom is -0.408 e. The first-order chi connectivity index (χ1) is 17.4. The van der Waals surface area contributed by atoms with Crippen LogP contribution in [0.3, 0.4) is 0 Å². The summed E-state index contributed by atoms with van der Waals surface area (Å²) < 4.78 is 5.67. The molecule has 36 heavy (non-hydrogen) atoms. The highest BCUT2D eigenvalue weighted by molar-refractivity contribution is 7.99. The standard InChI is InChI=1S/C27H36N4O4S/c1-18(2)36-27-30-29-25(35-27)23(32)22(28-24(33)20-10-6-3-4-7-11-20)19-14-16-31(17-15-19)26(34)21-12-8-5-9-13-21/h5,8-9,12-13,18-20,22H,3-4,6-7,10-11,14-17H2,1-2H3,(H,28,33). The van der Waals surface area contributed by atoms with E-state index in [1.807, 2.05) is 49.1 Å². The van der Waals surface area contributed by atoms with Crippen LogP contribution < -0.4 is 5.32 Å². The molecule has 0 bridgehead atoms. The van der Waals surface area contributed by atoms with Crippen LogP contribution in [0.5, 0.6) is 0 Å². The molecule has 1 aromatic heterocycles. The molecular weight excluding hydrogens is 476 g/mol. The van der Waals surface area contributed by atoms with Crippen molar-refractivity contribution in [2.24, 2.45) is 11.8 Å². The van der Waals surface area contributed by atoms with Crippen LogP contribution >= 0.6 is 11.8 Å². The molecule has 1 N–H and O–H groups in total. The summed E-state index contributed by atoms with van der Waals surface area (Å²) in [6, 6.07) is 8.49. The summed E-state index contributed by atoms with van der Waals surface area (Å²) in [4.78, 5) is 41.5. The zero-order valence-electron chi connectivity index (χ0n) is 21.2. The van der Waals surface area contributed by atoms with Crippen LogP contribution in [0.15, 0.2) is 40.0 Å². The molecule has 2 fully saturated rings. The molecule has 1 aromatic carbocycles. The lowest BCUT2D eigenvalue weighted by molar-refractivity contribution is -0.126. The van der Waals surface area contributed by atoms with Gasteiger partial charge in [-0.15, -0.1) is 10.2 Å². The molecule has 9 heteroatoms. The largest absolute Gasteiger partial charge is 0.408 e. The number of amides is 2. The number of benzene rings is 1. The maximum absolute atomic E-state index is 13.6. The minimum atomic E-state index is -0.743. The molecule has 1 saturated carbocycles. The first-order valence-electron chi connectivity index (χ1n) is 13.1. The molecule has 2 aliphatic rings. The summed E-state index contributed by atoms with van der Waals surface area (Å²) >= 11 is 1.40. The molecule has 1 saturated heterocycles. The summed E-state index contributed by atoms with van der Waals surface area (Å²) in [6.45, 7) is 5.08. The number of nitrogens with one attached hydrogen (secondary N) is 1. The second kappa shape index (κ2) is 12.5. The summed E-state index contributed by atoms with van der Waals surface area (Å²) in [5.41, 5.74) is 0.659. The van der Waals surface area contributed by atoms with Crippen LogP contribution in [0.4, 0.5) is 0 Å². The summed E-state index contributed by atoms with van der Waals surface area (Å²) in [5, 5.41) is 11.7. The lowest BCUT2D eigenvalue weighted by atomic mass is 9.86. The van der Waals surface area contributed by atoms with Crippen LogP contribution in [-0.4, -0.2) is 57.1 Å². The van der Waals surface area contributed by atoms with Crippen molar-refractivity contribution >= 4 is 29.4 Å². The van der Waals surface area contributed by atoms with Crippen molar-refractivity contribution in [1.29, 1.82) is 0 Å². The average Bonchev–Trinajstić information content (AvgIpc) is 3.17. The van der Waals surface area contributed by atoms with Crippen molar-refractivity contribution in [3.63, 3.8) is 0 Å². The van der Waals surface area contributed by atoms with Gasteiger partial charge in [-0.3, -0.25) is 14.4 Å². The number of ketones is 1. The number of Topliss-reactive ketones (excluding diaryl/α,β-unsaturated/α-hetero) is 1. The molecule has 1 atom stereocenters. The van der Waals surface area contributed by atoms with E-state index in [9.17, 15) is 14.4 Å². The first-order valence-corrected chi connectivity index (χ1v) is 14.0. The SMILES string of the molecule is CC(C)Sc1nnc(C(=O)C(NC(=O)C2CCCCCC2)C2CCN(C(=O)c3ccccc3)CC2)o1. The lowest BCUT2D eigenvalue weighted by Gasteiger charge is -2.36. The second-order valence-corrected chi connectivity index (χ2v) is 11.6. The van der Waals surface area contributed by atoms with Gasteiger partial charge >= 0.3 is 0 Å². The molecular formula is C27H36N4O4S. The van der Waals surface area contributed by atoms with Gasteiger partial charge in [0.1, 0.15) is 6.04 Å². The molecule has 2 aromatic rings. The average molecular weight is 513 g/mol. The number of hydrogen-bond donors (Lipinski definition) is 1. The zero-order chi connectivity index (χ0) is 25.5. The van der Waals surface area contributed by atoms with Gasteiger partial charge in [0, 0.05) is 29.8 Å². The van der Waals surface area contributed by atoms with Crippen molar-refractivity contribution in [2.45, 2.75) is 81.7 Å². The van der Waals surface area contributed by atoms with Crippen LogP contribution in [-0.2, 0) is 4.79 Å². The van der Waals surface area contributed by atoms with Crippen molar-refractivity contribution in [2.75, 3.05) is 13.1 Å². The normalized spacial score (nSPS) is 18.6. The van der Waals surface area contributed by atoms with Crippen LogP contribution in [0.1, 0.15) is 86.3 Å². The van der Waals surface area contributed by atoms with Crippen molar-refractivity contribution in [1.82, 2.24) is 20.4 Å². The van der Waals surface area contributed by atoms with Crippen molar-refractivity contribution in [3.05, 3.63) is 41.8 Å². The number of thioether (sulfide) groups is 1. The van der Waals surface area contributed by atoms with Crippen molar-refractivity contribution in [3.8, 4) is 0 Å². The molecule has 2 heterocycles. The highest BCUT2D eigenvalue weighted by Gasteiger charge is 2.38. The number of rotatable bonds is 8. The molecule has 1 unspecified atom stereocenters. The number of piperidine rings is 1. The van der Waals surface area contributed by atoms with E-state index in [-0.39, 0.29) is 40.6 Å². The number of aromatic nitrogens is 2. The van der Waals surface area contributed by atoms with Gasteiger partial charge < -0.3 is 14.6 Å². The van der Waals surface area contributed by atoms with Gasteiger partial charge in [0.15, 0.2) is 0 Å². The number of hydrogen-bond acceptors (Lipinski definition) is 7. The van der Waals surface area contributed by atoms with E-state index in [4.69, 9.17) is 4.42 Å². The number of likely N-dealkylation sites (tertiary alicyclic amines) is 1. The summed E-state index contributed by atoms with van der Waals surface area (Å²) in [5.74, 6) is -0.654. The van der Waals surface area contributed by atoms with Gasteiger partial charge in [0.2, 0.25) is 11.7 Å². The maximum atomic E-state index is 13.6. The van der Waals surface area contributed by atoms with E-state index in [2.05, 4.69) is 15.5 Å². The Morgan fingerprint density at radius 3 is 2.28 bits per heavy atom. The van der Waals surface area contributed by atoms with Crippen molar-refractivity contribution < 1.29 is 18.8 Å². The smallest absolute Gasteiger partial charge is 0.286 e.